The highest BCUT2D eigenvalue weighted by atomic mass is 32.2. The Morgan fingerprint density at radius 1 is 1.07 bits per heavy atom. The number of allylic oxidation sites excluding steroid dienone is 1. The highest BCUT2D eigenvalue weighted by molar-refractivity contribution is 8.16. The van der Waals surface area contributed by atoms with Gasteiger partial charge in [0, 0.05) is 37.4 Å². The molecule has 1 fully saturated rings. The van der Waals surface area contributed by atoms with Crippen molar-refractivity contribution in [2.75, 3.05) is 53.6 Å². The number of aliphatic imine (C=N–C) groups is 1. The Balaban J connectivity index is 1.41. The van der Waals surface area contributed by atoms with Crippen molar-refractivity contribution in [3.05, 3.63) is 82.0 Å². The first-order valence-electron chi connectivity index (χ1n) is 13.9. The number of rotatable bonds is 11. The molecule has 1 saturated heterocycles. The molecule has 3 aliphatic heterocycles. The Labute approximate surface area is 250 Å². The lowest BCUT2D eigenvalue weighted by Gasteiger charge is -2.37. The van der Waals surface area contributed by atoms with E-state index in [9.17, 15) is 9.59 Å². The lowest BCUT2D eigenvalue weighted by atomic mass is 9.92. The summed E-state index contributed by atoms with van der Waals surface area (Å²) in [5, 5.41) is 5.64. The maximum atomic E-state index is 13.8. The zero-order valence-corrected chi connectivity index (χ0v) is 24.9. The van der Waals surface area contributed by atoms with Crippen LogP contribution < -0.4 is 14.8 Å². The molecule has 0 bridgehead atoms. The van der Waals surface area contributed by atoms with Crippen LogP contribution in [0.3, 0.4) is 0 Å². The molecule has 0 spiro atoms. The number of ether oxygens (including phenoxy) is 4. The van der Waals surface area contributed by atoms with Crippen LogP contribution in [0.25, 0.3) is 0 Å². The van der Waals surface area contributed by atoms with Gasteiger partial charge in [-0.2, -0.15) is 0 Å². The first kappa shape index (κ1) is 29.7. The minimum Gasteiger partial charge on any atom is -0.493 e. The molecule has 5 rings (SSSR count). The van der Waals surface area contributed by atoms with E-state index < -0.39 is 12.0 Å². The van der Waals surface area contributed by atoms with Crippen LogP contribution >= 0.6 is 11.8 Å². The number of carbonyl (C=O) groups is 2. The van der Waals surface area contributed by atoms with Gasteiger partial charge in [0.05, 0.1) is 51.2 Å². The molecule has 2 aromatic rings. The van der Waals surface area contributed by atoms with Crippen LogP contribution in [0.5, 0.6) is 11.5 Å². The van der Waals surface area contributed by atoms with Gasteiger partial charge in [0.15, 0.2) is 16.7 Å². The average Bonchev–Trinajstić information content (AvgIpc) is 3.41. The third-order valence-corrected chi connectivity index (χ3v) is 8.25. The molecular formula is C31H36N4O6S. The van der Waals surface area contributed by atoms with Gasteiger partial charge in [-0.15, -0.1) is 0 Å². The van der Waals surface area contributed by atoms with Crippen LogP contribution in [0.1, 0.15) is 30.5 Å². The second-order valence-corrected chi connectivity index (χ2v) is 10.9. The fourth-order valence-corrected chi connectivity index (χ4v) is 6.22. The molecule has 0 saturated carbocycles. The van der Waals surface area contributed by atoms with Crippen molar-refractivity contribution in [2.45, 2.75) is 26.0 Å². The van der Waals surface area contributed by atoms with Crippen LogP contribution in [0, 0.1) is 0 Å². The standard InChI is InChI=1S/C31H36N4O6S/c1-21-27(30(37)41-19-22-8-5-4-6-9-22)28(24-10-7-11-25(38-2)29(24)39-3)35-23(20-42-31(35)33-21)18-26(36)32-12-13-34-14-16-40-17-15-34/h4-11,20,28H,12-19H2,1-3H3,(H,32,36). The molecule has 0 radical (unpaired) electrons. The number of morpholine rings is 1. The first-order valence-corrected chi connectivity index (χ1v) is 14.8. The van der Waals surface area contributed by atoms with Gasteiger partial charge < -0.3 is 29.2 Å². The Bertz CT molecular complexity index is 1390. The van der Waals surface area contributed by atoms with Crippen molar-refractivity contribution < 1.29 is 28.5 Å². The molecule has 2 aromatic carbocycles. The lowest BCUT2D eigenvalue weighted by Crippen LogP contribution is -2.42. The number of methoxy groups -OCH3 is 2. The number of carbonyl (C=O) groups excluding carboxylic acids is 2. The van der Waals surface area contributed by atoms with Crippen LogP contribution in [-0.2, 0) is 25.7 Å². The number of nitrogens with zero attached hydrogens (tertiary/aromatic N) is 3. The van der Waals surface area contributed by atoms with E-state index in [1.807, 2.05) is 58.8 Å². The number of nitrogens with one attached hydrogen (secondary N) is 1. The fourth-order valence-electron chi connectivity index (χ4n) is 5.26. The molecule has 0 aliphatic carbocycles. The zero-order valence-electron chi connectivity index (χ0n) is 24.1. The van der Waals surface area contributed by atoms with E-state index in [1.165, 1.54) is 11.8 Å². The minimum absolute atomic E-state index is 0.104. The highest BCUT2D eigenvalue weighted by Gasteiger charge is 2.42. The summed E-state index contributed by atoms with van der Waals surface area (Å²) in [6.45, 7) is 6.40. The number of benzene rings is 2. The van der Waals surface area contributed by atoms with E-state index >= 15 is 0 Å². The number of fused-ring (bicyclic) bond motifs is 1. The van der Waals surface area contributed by atoms with Crippen LogP contribution in [0.4, 0.5) is 0 Å². The SMILES string of the molecule is COc1cccc(C2C(C(=O)OCc3ccccc3)=C(C)N=C3SC=C(CC(=O)NCCN4CCOCC4)N32)c1OC. The molecule has 1 atom stereocenters. The van der Waals surface area contributed by atoms with Crippen molar-refractivity contribution in [3.63, 3.8) is 0 Å². The molecule has 0 aromatic heterocycles. The van der Waals surface area contributed by atoms with E-state index in [0.29, 0.717) is 53.3 Å². The number of amides is 1. The topological polar surface area (TPSA) is 102 Å². The maximum Gasteiger partial charge on any atom is 0.338 e. The third kappa shape index (κ3) is 6.64. The van der Waals surface area contributed by atoms with Gasteiger partial charge in [0.1, 0.15) is 6.61 Å². The van der Waals surface area contributed by atoms with Crippen molar-refractivity contribution in [1.82, 2.24) is 15.1 Å². The molecule has 222 valence electrons. The van der Waals surface area contributed by atoms with Crippen molar-refractivity contribution >= 4 is 28.8 Å². The number of amidine groups is 1. The zero-order chi connectivity index (χ0) is 29.5. The number of hydrogen-bond donors (Lipinski definition) is 1. The second-order valence-electron chi connectivity index (χ2n) is 10.0. The van der Waals surface area contributed by atoms with E-state index in [4.69, 9.17) is 23.9 Å². The monoisotopic (exact) mass is 592 g/mol. The quantitative estimate of drug-likeness (QED) is 0.390. The van der Waals surface area contributed by atoms with Crippen LogP contribution in [-0.4, -0.2) is 80.5 Å². The van der Waals surface area contributed by atoms with Crippen molar-refractivity contribution in [2.24, 2.45) is 4.99 Å². The Morgan fingerprint density at radius 3 is 2.60 bits per heavy atom. The summed E-state index contributed by atoms with van der Waals surface area (Å²) in [6.07, 6.45) is 0.128. The molecule has 11 heteroatoms. The fraction of sp³-hybridized carbons (Fsp3) is 0.387. The van der Waals surface area contributed by atoms with Gasteiger partial charge in [-0.3, -0.25) is 9.69 Å². The Hall–Kier alpha value is -3.80. The predicted molar refractivity (Wildman–Crippen MR) is 161 cm³/mol. The second kappa shape index (κ2) is 13.9. The summed E-state index contributed by atoms with van der Waals surface area (Å²) >= 11 is 1.43. The summed E-state index contributed by atoms with van der Waals surface area (Å²) in [5.74, 6) is 0.443. The molecular weight excluding hydrogens is 556 g/mol. The summed E-state index contributed by atoms with van der Waals surface area (Å²) < 4.78 is 22.6. The molecule has 3 aliphatic rings. The lowest BCUT2D eigenvalue weighted by molar-refractivity contribution is -0.141. The molecule has 3 heterocycles. The number of thioether (sulfide) groups is 1. The van der Waals surface area contributed by atoms with Gasteiger partial charge >= 0.3 is 5.97 Å². The van der Waals surface area contributed by atoms with Gasteiger partial charge in [0.25, 0.3) is 0 Å². The highest BCUT2D eigenvalue weighted by Crippen LogP contribution is 2.48. The Kier molecular flexibility index (Phi) is 9.83. The van der Waals surface area contributed by atoms with Crippen LogP contribution in [0.2, 0.25) is 0 Å². The Morgan fingerprint density at radius 2 is 1.86 bits per heavy atom. The molecule has 1 N–H and O–H groups in total. The molecule has 1 amide bonds. The van der Waals surface area contributed by atoms with Crippen molar-refractivity contribution in [1.29, 1.82) is 0 Å². The van der Waals surface area contributed by atoms with Gasteiger partial charge in [-0.25, -0.2) is 9.79 Å². The smallest absolute Gasteiger partial charge is 0.338 e. The number of esters is 1. The predicted octanol–water partition coefficient (Wildman–Crippen LogP) is 3.86. The van der Waals surface area contributed by atoms with E-state index in [1.54, 1.807) is 21.1 Å². The molecule has 42 heavy (non-hydrogen) atoms. The van der Waals surface area contributed by atoms with Gasteiger partial charge in [-0.05, 0) is 24.0 Å². The van der Waals surface area contributed by atoms with Crippen molar-refractivity contribution in [3.8, 4) is 11.5 Å². The molecule has 1 unspecified atom stereocenters. The summed E-state index contributed by atoms with van der Waals surface area (Å²) in [5.41, 5.74) is 3.24. The largest absolute Gasteiger partial charge is 0.493 e. The van der Waals surface area contributed by atoms with Crippen LogP contribution in [0.15, 0.2) is 75.9 Å². The number of para-hydroxylation sites is 1. The molecule has 10 nitrogen and oxygen atoms in total. The van der Waals surface area contributed by atoms with Gasteiger partial charge in [-0.1, -0.05) is 54.2 Å². The first-order chi connectivity index (χ1) is 20.5. The summed E-state index contributed by atoms with van der Waals surface area (Å²) in [7, 11) is 3.14. The van der Waals surface area contributed by atoms with E-state index in [-0.39, 0.29) is 18.9 Å². The normalized spacial score (nSPS) is 18.6. The average molecular weight is 593 g/mol. The summed E-state index contributed by atoms with van der Waals surface area (Å²) in [4.78, 5) is 35.8. The maximum absolute atomic E-state index is 13.8. The summed E-state index contributed by atoms with van der Waals surface area (Å²) in [6, 6.07) is 14.4. The van der Waals surface area contributed by atoms with E-state index in [0.717, 1.165) is 30.9 Å². The van der Waals surface area contributed by atoms with E-state index in [2.05, 4.69) is 10.2 Å². The number of hydrogen-bond acceptors (Lipinski definition) is 10. The third-order valence-electron chi connectivity index (χ3n) is 7.36. The minimum atomic E-state index is -0.645. The van der Waals surface area contributed by atoms with Gasteiger partial charge in [0.2, 0.25) is 5.91 Å².